The van der Waals surface area contributed by atoms with E-state index in [1.54, 1.807) is 42.7 Å². The first-order valence-electron chi connectivity index (χ1n) is 7.06. The third kappa shape index (κ3) is 4.86. The van der Waals surface area contributed by atoms with Crippen LogP contribution in [0.3, 0.4) is 0 Å². The Balaban J connectivity index is 5.32. The van der Waals surface area contributed by atoms with E-state index in [2.05, 4.69) is 13.8 Å². The fourth-order valence-electron chi connectivity index (χ4n) is 2.54. The van der Waals surface area contributed by atoms with E-state index in [1.165, 1.54) is 0 Å². The van der Waals surface area contributed by atoms with Crippen molar-refractivity contribution in [1.29, 1.82) is 0 Å². The standard InChI is InChI=1S/C12H31AsO6Si2/c1-9-11(20(14-3,15-4)16-5)13-12(10-2)21(17-6,18-7)19-8/h11-13H,9-10H2,1-8H3. The van der Waals surface area contributed by atoms with Crippen LogP contribution in [0.4, 0.5) is 0 Å². The average molecular weight is 402 g/mol. The molecular formula is C12H31AsO6Si2. The molecule has 0 N–H and O–H groups in total. The molecule has 2 unspecified atom stereocenters. The van der Waals surface area contributed by atoms with E-state index < -0.39 is 33.4 Å². The normalized spacial score (nSPS) is 16.6. The van der Waals surface area contributed by atoms with Crippen molar-refractivity contribution in [1.82, 2.24) is 0 Å². The van der Waals surface area contributed by atoms with Gasteiger partial charge in [-0.2, -0.15) is 0 Å². The van der Waals surface area contributed by atoms with Crippen LogP contribution < -0.4 is 0 Å². The van der Waals surface area contributed by atoms with Crippen LogP contribution in [0.2, 0.25) is 8.66 Å². The summed E-state index contributed by atoms with van der Waals surface area (Å²) < 4.78 is 34.6. The molecule has 0 aromatic carbocycles. The summed E-state index contributed by atoms with van der Waals surface area (Å²) in [4.78, 5) is 0. The molecule has 0 saturated heterocycles. The molecular weight excluding hydrogens is 371 g/mol. The van der Waals surface area contributed by atoms with E-state index in [9.17, 15) is 0 Å². The van der Waals surface area contributed by atoms with Gasteiger partial charge in [0.05, 0.1) is 0 Å². The molecule has 0 aromatic rings. The van der Waals surface area contributed by atoms with Gasteiger partial charge >= 0.3 is 138 Å². The van der Waals surface area contributed by atoms with Gasteiger partial charge < -0.3 is 0 Å². The summed E-state index contributed by atoms with van der Waals surface area (Å²) in [6.45, 7) is 4.30. The molecule has 0 bridgehead atoms. The molecule has 0 heterocycles. The second-order valence-electron chi connectivity index (χ2n) is 4.52. The van der Waals surface area contributed by atoms with Gasteiger partial charge in [0.15, 0.2) is 0 Å². The van der Waals surface area contributed by atoms with Crippen molar-refractivity contribution in [2.24, 2.45) is 0 Å². The average Bonchev–Trinajstić information content (AvgIpc) is 2.55. The van der Waals surface area contributed by atoms with Crippen LogP contribution in [0.15, 0.2) is 0 Å². The van der Waals surface area contributed by atoms with Gasteiger partial charge in [0, 0.05) is 0 Å². The molecule has 0 aliphatic rings. The van der Waals surface area contributed by atoms with Gasteiger partial charge in [0.2, 0.25) is 0 Å². The van der Waals surface area contributed by atoms with Gasteiger partial charge in [0.25, 0.3) is 0 Å². The van der Waals surface area contributed by atoms with E-state index >= 15 is 0 Å². The fraction of sp³-hybridized carbons (Fsp3) is 1.00. The van der Waals surface area contributed by atoms with Crippen LogP contribution >= 0.6 is 0 Å². The Morgan fingerprint density at radius 2 is 0.857 bits per heavy atom. The molecule has 0 radical (unpaired) electrons. The topological polar surface area (TPSA) is 55.4 Å². The molecule has 2 atom stereocenters. The van der Waals surface area contributed by atoms with Crippen molar-refractivity contribution in [2.45, 2.75) is 35.3 Å². The Morgan fingerprint density at radius 1 is 0.619 bits per heavy atom. The molecule has 0 aliphatic carbocycles. The van der Waals surface area contributed by atoms with E-state index in [-0.39, 0.29) is 0 Å². The maximum atomic E-state index is 5.67. The number of hydrogen-bond donors (Lipinski definition) is 0. The Hall–Kier alpha value is 0.752. The zero-order chi connectivity index (χ0) is 16.5. The minimum absolute atomic E-state index is 0.301. The molecule has 0 fully saturated rings. The summed E-state index contributed by atoms with van der Waals surface area (Å²) in [7, 11) is 4.75. The summed E-state index contributed by atoms with van der Waals surface area (Å²) in [6, 6.07) is 0. The summed E-state index contributed by atoms with van der Waals surface area (Å²) >= 11 is -0.512. The van der Waals surface area contributed by atoms with E-state index in [0.29, 0.717) is 8.66 Å². The van der Waals surface area contributed by atoms with E-state index in [0.717, 1.165) is 12.8 Å². The molecule has 0 spiro atoms. The van der Waals surface area contributed by atoms with Crippen molar-refractivity contribution < 1.29 is 26.6 Å². The van der Waals surface area contributed by atoms with Crippen molar-refractivity contribution in [3.05, 3.63) is 0 Å². The quantitative estimate of drug-likeness (QED) is 0.463. The van der Waals surface area contributed by atoms with Crippen LogP contribution in [0.1, 0.15) is 26.7 Å². The van der Waals surface area contributed by atoms with Crippen molar-refractivity contribution in [2.75, 3.05) is 42.7 Å². The predicted molar refractivity (Wildman–Crippen MR) is 88.8 cm³/mol. The Labute approximate surface area is 138 Å². The zero-order valence-corrected chi connectivity index (χ0v) is 18.6. The Kier molecular flexibility index (Phi) is 10.9. The minimum atomic E-state index is -2.63. The first kappa shape index (κ1) is 21.8. The van der Waals surface area contributed by atoms with Gasteiger partial charge in [-0.15, -0.1) is 0 Å². The summed E-state index contributed by atoms with van der Waals surface area (Å²) in [6.07, 6.45) is 1.92. The zero-order valence-electron chi connectivity index (χ0n) is 14.5. The van der Waals surface area contributed by atoms with Gasteiger partial charge in [-0.25, -0.2) is 0 Å². The summed E-state index contributed by atoms with van der Waals surface area (Å²) in [5.41, 5.74) is 0. The first-order valence-corrected chi connectivity index (χ1v) is 13.1. The monoisotopic (exact) mass is 402 g/mol. The van der Waals surface area contributed by atoms with Gasteiger partial charge in [0.1, 0.15) is 0 Å². The Morgan fingerprint density at radius 3 is 1.00 bits per heavy atom. The van der Waals surface area contributed by atoms with Crippen LogP contribution in [-0.4, -0.2) is 76.0 Å². The van der Waals surface area contributed by atoms with Gasteiger partial charge in [-0.05, 0) is 0 Å². The Bertz CT molecular complexity index is 234. The number of rotatable bonds is 12. The molecule has 0 saturated carbocycles. The molecule has 0 amide bonds. The van der Waals surface area contributed by atoms with Crippen LogP contribution in [0.5, 0.6) is 0 Å². The molecule has 128 valence electrons. The molecule has 21 heavy (non-hydrogen) atoms. The van der Waals surface area contributed by atoms with Crippen molar-refractivity contribution in [3.63, 3.8) is 0 Å². The molecule has 6 nitrogen and oxygen atoms in total. The second kappa shape index (κ2) is 10.5. The maximum absolute atomic E-state index is 5.67. The predicted octanol–water partition coefficient (Wildman–Crippen LogP) is 1.65. The SMILES string of the molecule is CCC([AsH]C(CC)[Si](OC)(OC)OC)[Si](OC)(OC)OC. The first-order chi connectivity index (χ1) is 9.99. The third-order valence-corrected chi connectivity index (χ3v) is 19.3. The van der Waals surface area contributed by atoms with E-state index in [4.69, 9.17) is 26.6 Å². The molecule has 0 rings (SSSR count). The number of hydrogen-bond acceptors (Lipinski definition) is 6. The molecule has 0 aromatic heterocycles. The van der Waals surface area contributed by atoms with Crippen molar-refractivity contribution >= 4 is 33.4 Å². The van der Waals surface area contributed by atoms with Crippen LogP contribution in [0, 0.1) is 0 Å². The molecule has 0 aliphatic heterocycles. The fourth-order valence-corrected chi connectivity index (χ4v) is 18.6. The third-order valence-electron chi connectivity index (χ3n) is 3.78. The second-order valence-corrected chi connectivity index (χ2v) is 16.8. The molecule has 9 heteroatoms. The van der Waals surface area contributed by atoms with Crippen LogP contribution in [0.25, 0.3) is 0 Å². The van der Waals surface area contributed by atoms with Gasteiger partial charge in [-0.3, -0.25) is 0 Å². The summed E-state index contributed by atoms with van der Waals surface area (Å²) in [5, 5.41) is 0. The van der Waals surface area contributed by atoms with E-state index in [1.807, 2.05) is 0 Å². The van der Waals surface area contributed by atoms with Crippen LogP contribution in [-0.2, 0) is 26.6 Å². The van der Waals surface area contributed by atoms with Crippen molar-refractivity contribution in [3.8, 4) is 0 Å². The summed E-state index contributed by atoms with van der Waals surface area (Å²) in [5.74, 6) is 0. The van der Waals surface area contributed by atoms with Gasteiger partial charge in [-0.1, -0.05) is 0 Å².